The maximum absolute atomic E-state index is 13.3. The molecule has 0 saturated carbocycles. The highest BCUT2D eigenvalue weighted by Crippen LogP contribution is 2.45. The lowest BCUT2D eigenvalue weighted by molar-refractivity contribution is 0.0866. The smallest absolute Gasteiger partial charge is 0.410 e. The topological polar surface area (TPSA) is 38.8 Å². The number of carbonyl (C=O) groups is 1. The molecule has 4 nitrogen and oxygen atoms in total. The number of benzene rings is 3. The van der Waals surface area contributed by atoms with Gasteiger partial charge in [-0.15, -0.1) is 0 Å². The molecule has 6 rings (SSSR count). The molecule has 1 fully saturated rings. The minimum Gasteiger partial charge on any atom is -0.497 e. The Kier molecular flexibility index (Phi) is 5.17. The fourth-order valence-electron chi connectivity index (χ4n) is 6.05. The summed E-state index contributed by atoms with van der Waals surface area (Å²) in [7, 11) is 1.70. The summed E-state index contributed by atoms with van der Waals surface area (Å²) in [5.74, 6) is 0.965. The molecule has 1 amide bonds. The average Bonchev–Trinajstić information content (AvgIpc) is 3.32. The number of ether oxygens (including phenoxy) is 2. The molecule has 172 valence electrons. The number of rotatable bonds is 4. The van der Waals surface area contributed by atoms with E-state index in [0.29, 0.717) is 6.61 Å². The van der Waals surface area contributed by atoms with E-state index < -0.39 is 0 Å². The summed E-state index contributed by atoms with van der Waals surface area (Å²) in [5, 5.41) is 0. The standard InChI is InChI=1S/C30H29NO3/c1-19-13-20(17-24(14-19)33-2)21-15-22-11-12-23(16-21)31(22)30(32)34-18-29-27-9-5-3-7-25(27)26-8-4-6-10-28(26)29/h3-10,13-15,17,22-23,29H,11-12,16,18H2,1-2H3. The lowest BCUT2D eigenvalue weighted by Crippen LogP contribution is -2.43. The lowest BCUT2D eigenvalue weighted by Gasteiger charge is -2.33. The van der Waals surface area contributed by atoms with Crippen LogP contribution < -0.4 is 4.74 Å². The first-order chi connectivity index (χ1) is 16.6. The van der Waals surface area contributed by atoms with Crippen LogP contribution in [0, 0.1) is 6.92 Å². The summed E-state index contributed by atoms with van der Waals surface area (Å²) in [6.07, 6.45) is 4.93. The number of hydrogen-bond donors (Lipinski definition) is 0. The molecular weight excluding hydrogens is 422 g/mol. The largest absolute Gasteiger partial charge is 0.497 e. The maximum atomic E-state index is 13.3. The molecule has 2 bridgehead atoms. The third-order valence-electron chi connectivity index (χ3n) is 7.60. The van der Waals surface area contributed by atoms with Gasteiger partial charge in [-0.05, 0) is 77.3 Å². The van der Waals surface area contributed by atoms with Gasteiger partial charge in [0.05, 0.1) is 13.2 Å². The van der Waals surface area contributed by atoms with E-state index in [1.54, 1.807) is 7.11 Å². The summed E-state index contributed by atoms with van der Waals surface area (Å²) >= 11 is 0. The molecule has 2 unspecified atom stereocenters. The van der Waals surface area contributed by atoms with E-state index in [4.69, 9.17) is 9.47 Å². The van der Waals surface area contributed by atoms with Crippen molar-refractivity contribution in [1.82, 2.24) is 4.90 Å². The molecule has 34 heavy (non-hydrogen) atoms. The predicted molar refractivity (Wildman–Crippen MR) is 134 cm³/mol. The second-order valence-electron chi connectivity index (χ2n) is 9.64. The number of nitrogens with zero attached hydrogens (tertiary/aromatic N) is 1. The third kappa shape index (κ3) is 3.49. The van der Waals surface area contributed by atoms with Gasteiger partial charge in [0.1, 0.15) is 12.4 Å². The van der Waals surface area contributed by atoms with Crippen molar-refractivity contribution in [3.8, 4) is 16.9 Å². The van der Waals surface area contributed by atoms with Crippen molar-refractivity contribution < 1.29 is 14.3 Å². The monoisotopic (exact) mass is 451 g/mol. The first kappa shape index (κ1) is 21.0. The molecule has 1 saturated heterocycles. The van der Waals surface area contributed by atoms with Crippen LogP contribution >= 0.6 is 0 Å². The Bertz CT molecular complexity index is 1250. The lowest BCUT2D eigenvalue weighted by atomic mass is 9.94. The fraction of sp³-hybridized carbons (Fsp3) is 0.300. The Morgan fingerprint density at radius 1 is 0.971 bits per heavy atom. The summed E-state index contributed by atoms with van der Waals surface area (Å²) in [5.41, 5.74) is 8.67. The molecule has 4 heteroatoms. The first-order valence-corrected chi connectivity index (χ1v) is 12.1. The molecule has 3 aliphatic rings. The van der Waals surface area contributed by atoms with E-state index in [0.717, 1.165) is 25.0 Å². The molecule has 0 N–H and O–H groups in total. The highest BCUT2D eigenvalue weighted by atomic mass is 16.6. The van der Waals surface area contributed by atoms with Gasteiger partial charge in [0.2, 0.25) is 0 Å². The van der Waals surface area contributed by atoms with Gasteiger partial charge in [-0.25, -0.2) is 4.79 Å². The van der Waals surface area contributed by atoms with Gasteiger partial charge in [-0.1, -0.05) is 60.7 Å². The van der Waals surface area contributed by atoms with Gasteiger partial charge < -0.3 is 9.47 Å². The quantitative estimate of drug-likeness (QED) is 0.450. The fourth-order valence-corrected chi connectivity index (χ4v) is 6.05. The first-order valence-electron chi connectivity index (χ1n) is 12.1. The molecule has 0 aromatic heterocycles. The van der Waals surface area contributed by atoms with Crippen molar-refractivity contribution in [1.29, 1.82) is 0 Å². The van der Waals surface area contributed by atoms with Gasteiger partial charge in [0.15, 0.2) is 0 Å². The normalized spacial score (nSPS) is 20.5. The molecule has 2 aliphatic heterocycles. The SMILES string of the molecule is COc1cc(C)cc(C2=CC3CCC(C2)N3C(=O)OCC2c3ccccc3-c3ccccc32)c1. The number of amides is 1. The molecule has 0 radical (unpaired) electrons. The van der Waals surface area contributed by atoms with Crippen molar-refractivity contribution in [3.05, 3.63) is 95.1 Å². The number of hydrogen-bond acceptors (Lipinski definition) is 3. The van der Waals surface area contributed by atoms with Crippen LogP contribution in [0.25, 0.3) is 16.7 Å². The second kappa shape index (κ2) is 8.35. The Hall–Kier alpha value is -3.53. The van der Waals surface area contributed by atoms with Crippen LogP contribution in [0.1, 0.15) is 47.4 Å². The zero-order valence-corrected chi connectivity index (χ0v) is 19.7. The number of aryl methyl sites for hydroxylation is 1. The van der Waals surface area contributed by atoms with Crippen molar-refractivity contribution in [2.24, 2.45) is 0 Å². The van der Waals surface area contributed by atoms with Crippen molar-refractivity contribution in [2.45, 2.75) is 44.2 Å². The Morgan fingerprint density at radius 2 is 1.68 bits per heavy atom. The zero-order valence-electron chi connectivity index (χ0n) is 19.7. The molecule has 3 aromatic rings. The Balaban J connectivity index is 1.20. The van der Waals surface area contributed by atoms with Gasteiger partial charge in [-0.2, -0.15) is 0 Å². The van der Waals surface area contributed by atoms with Crippen LogP contribution in [0.3, 0.4) is 0 Å². The van der Waals surface area contributed by atoms with E-state index in [2.05, 4.69) is 73.7 Å². The van der Waals surface area contributed by atoms with Crippen LogP contribution in [0.2, 0.25) is 0 Å². The average molecular weight is 452 g/mol. The van der Waals surface area contributed by atoms with E-state index in [1.807, 2.05) is 11.0 Å². The van der Waals surface area contributed by atoms with Gasteiger partial charge in [-0.3, -0.25) is 4.90 Å². The van der Waals surface area contributed by atoms with E-state index in [9.17, 15) is 4.79 Å². The van der Waals surface area contributed by atoms with Crippen molar-refractivity contribution >= 4 is 11.7 Å². The molecular formula is C30H29NO3. The van der Waals surface area contributed by atoms with Crippen LogP contribution in [0.5, 0.6) is 5.75 Å². The van der Waals surface area contributed by atoms with Crippen LogP contribution in [-0.4, -0.2) is 36.8 Å². The highest BCUT2D eigenvalue weighted by Gasteiger charge is 2.41. The minimum absolute atomic E-state index is 0.0876. The van der Waals surface area contributed by atoms with Gasteiger partial charge in [0, 0.05) is 12.0 Å². The number of carbonyl (C=O) groups excluding carboxylic acids is 1. The minimum atomic E-state index is -0.188. The van der Waals surface area contributed by atoms with E-state index >= 15 is 0 Å². The zero-order chi connectivity index (χ0) is 23.2. The van der Waals surface area contributed by atoms with Gasteiger partial charge >= 0.3 is 6.09 Å². The molecule has 0 spiro atoms. The van der Waals surface area contributed by atoms with Crippen LogP contribution in [0.4, 0.5) is 4.79 Å². The molecule has 2 heterocycles. The summed E-state index contributed by atoms with van der Waals surface area (Å²) < 4.78 is 11.5. The maximum Gasteiger partial charge on any atom is 0.410 e. The van der Waals surface area contributed by atoms with E-state index in [-0.39, 0.29) is 24.1 Å². The molecule has 1 aliphatic carbocycles. The Labute approximate surface area is 200 Å². The predicted octanol–water partition coefficient (Wildman–Crippen LogP) is 6.57. The van der Waals surface area contributed by atoms with Crippen LogP contribution in [-0.2, 0) is 4.74 Å². The van der Waals surface area contributed by atoms with Crippen molar-refractivity contribution in [3.63, 3.8) is 0 Å². The summed E-state index contributed by atoms with van der Waals surface area (Å²) in [6.45, 7) is 2.46. The highest BCUT2D eigenvalue weighted by molar-refractivity contribution is 5.79. The van der Waals surface area contributed by atoms with Crippen molar-refractivity contribution in [2.75, 3.05) is 13.7 Å². The third-order valence-corrected chi connectivity index (χ3v) is 7.60. The molecule has 2 atom stereocenters. The van der Waals surface area contributed by atoms with E-state index in [1.165, 1.54) is 39.0 Å². The number of methoxy groups -OCH3 is 1. The van der Waals surface area contributed by atoms with Gasteiger partial charge in [0.25, 0.3) is 0 Å². The molecule has 3 aromatic carbocycles. The Morgan fingerprint density at radius 3 is 2.35 bits per heavy atom. The number of fused-ring (bicyclic) bond motifs is 5. The second-order valence-corrected chi connectivity index (χ2v) is 9.64. The summed E-state index contributed by atoms with van der Waals surface area (Å²) in [4.78, 5) is 15.3. The van der Waals surface area contributed by atoms with Crippen LogP contribution in [0.15, 0.2) is 72.8 Å². The summed E-state index contributed by atoms with van der Waals surface area (Å²) in [6, 6.07) is 23.5.